The summed E-state index contributed by atoms with van der Waals surface area (Å²) in [6, 6.07) is 5.23. The fourth-order valence-corrected chi connectivity index (χ4v) is 3.82. The first-order valence-electron chi connectivity index (χ1n) is 9.60. The molecule has 138 valence electrons. The van der Waals surface area contributed by atoms with Gasteiger partial charge >= 0.3 is 0 Å². The standard InChI is InChI=1S/C23H29FN2/c1-4-6-7-9-18(8-5-2)12-15-26-22-11-10-19(24)16-20(22)21-17-25(3)14-13-23(21)26/h5-11,16H,4,12-15,17H2,1-3H3/b7-6+,8-5-,18-9+. The Kier molecular flexibility index (Phi) is 6.10. The monoisotopic (exact) mass is 352 g/mol. The molecular formula is C23H29FN2. The fourth-order valence-electron chi connectivity index (χ4n) is 3.82. The molecule has 0 saturated heterocycles. The molecule has 3 rings (SSSR count). The van der Waals surface area contributed by atoms with E-state index in [1.54, 1.807) is 12.1 Å². The van der Waals surface area contributed by atoms with Crippen molar-refractivity contribution in [2.45, 2.75) is 46.2 Å². The van der Waals surface area contributed by atoms with Crippen LogP contribution in [0.1, 0.15) is 37.9 Å². The van der Waals surface area contributed by atoms with Crippen molar-refractivity contribution in [3.05, 3.63) is 71.2 Å². The number of benzene rings is 1. The molecule has 0 radical (unpaired) electrons. The van der Waals surface area contributed by atoms with Gasteiger partial charge in [0.15, 0.2) is 0 Å². The van der Waals surface area contributed by atoms with Gasteiger partial charge in [0.25, 0.3) is 0 Å². The second-order valence-electron chi connectivity index (χ2n) is 7.05. The molecule has 2 aromatic rings. The predicted molar refractivity (Wildman–Crippen MR) is 109 cm³/mol. The van der Waals surface area contributed by atoms with Crippen LogP contribution in [0.3, 0.4) is 0 Å². The summed E-state index contributed by atoms with van der Waals surface area (Å²) in [5, 5.41) is 1.08. The smallest absolute Gasteiger partial charge is 0.123 e. The van der Waals surface area contributed by atoms with Gasteiger partial charge in [-0.05, 0) is 56.1 Å². The van der Waals surface area contributed by atoms with Gasteiger partial charge in [0.2, 0.25) is 0 Å². The number of nitrogens with zero attached hydrogens (tertiary/aromatic N) is 2. The lowest BCUT2D eigenvalue weighted by Gasteiger charge is -2.24. The van der Waals surface area contributed by atoms with Crippen molar-refractivity contribution in [2.75, 3.05) is 13.6 Å². The third-order valence-corrected chi connectivity index (χ3v) is 5.09. The lowest BCUT2D eigenvalue weighted by molar-refractivity contribution is 0.309. The highest BCUT2D eigenvalue weighted by molar-refractivity contribution is 5.86. The minimum Gasteiger partial charge on any atom is -0.344 e. The van der Waals surface area contributed by atoms with Crippen LogP contribution in [0.4, 0.5) is 4.39 Å². The average Bonchev–Trinajstić information content (AvgIpc) is 2.92. The van der Waals surface area contributed by atoms with Gasteiger partial charge in [0.05, 0.1) is 0 Å². The van der Waals surface area contributed by atoms with Crippen molar-refractivity contribution in [1.29, 1.82) is 0 Å². The van der Waals surface area contributed by atoms with Crippen LogP contribution in [0.5, 0.6) is 0 Å². The summed E-state index contributed by atoms with van der Waals surface area (Å²) in [5.74, 6) is -0.148. The lowest BCUT2D eigenvalue weighted by Crippen LogP contribution is -2.27. The van der Waals surface area contributed by atoms with E-state index in [0.717, 1.165) is 49.8 Å². The number of likely N-dealkylation sites (N-methyl/N-ethyl adjacent to an activating group) is 1. The largest absolute Gasteiger partial charge is 0.344 e. The summed E-state index contributed by atoms with van der Waals surface area (Å²) in [6.07, 6.45) is 13.9. The van der Waals surface area contributed by atoms with Gasteiger partial charge in [0.1, 0.15) is 5.82 Å². The maximum Gasteiger partial charge on any atom is 0.123 e. The molecule has 0 aliphatic carbocycles. The molecular weight excluding hydrogens is 323 g/mol. The Labute approximate surface area is 156 Å². The number of allylic oxidation sites excluding steroid dienone is 6. The first-order valence-corrected chi connectivity index (χ1v) is 9.60. The second-order valence-corrected chi connectivity index (χ2v) is 7.05. The van der Waals surface area contributed by atoms with Crippen LogP contribution >= 0.6 is 0 Å². The molecule has 0 fully saturated rings. The highest BCUT2D eigenvalue weighted by Gasteiger charge is 2.22. The summed E-state index contributed by atoms with van der Waals surface area (Å²) in [6.45, 7) is 7.09. The maximum atomic E-state index is 13.9. The van der Waals surface area contributed by atoms with Crippen LogP contribution < -0.4 is 0 Å². The Morgan fingerprint density at radius 1 is 1.31 bits per heavy atom. The molecule has 1 aliphatic rings. The predicted octanol–water partition coefficient (Wildman–Crippen LogP) is 5.63. The molecule has 1 aromatic heterocycles. The molecule has 0 unspecified atom stereocenters. The van der Waals surface area contributed by atoms with E-state index in [-0.39, 0.29) is 5.82 Å². The molecule has 0 bridgehead atoms. The molecule has 1 aliphatic heterocycles. The number of fused-ring (bicyclic) bond motifs is 3. The molecule has 1 aromatic carbocycles. The van der Waals surface area contributed by atoms with Crippen LogP contribution in [0, 0.1) is 5.82 Å². The average molecular weight is 352 g/mol. The van der Waals surface area contributed by atoms with Crippen LogP contribution in [-0.2, 0) is 19.5 Å². The molecule has 0 saturated carbocycles. The van der Waals surface area contributed by atoms with Crippen molar-refractivity contribution in [1.82, 2.24) is 9.47 Å². The summed E-state index contributed by atoms with van der Waals surface area (Å²) < 4.78 is 16.3. The molecule has 0 spiro atoms. The van der Waals surface area contributed by atoms with Gasteiger partial charge in [-0.3, -0.25) is 0 Å². The van der Waals surface area contributed by atoms with E-state index in [1.165, 1.54) is 16.8 Å². The first-order chi connectivity index (χ1) is 12.6. The lowest BCUT2D eigenvalue weighted by atomic mass is 10.0. The van der Waals surface area contributed by atoms with Gasteiger partial charge in [0, 0.05) is 42.7 Å². The highest BCUT2D eigenvalue weighted by atomic mass is 19.1. The van der Waals surface area contributed by atoms with E-state index in [1.807, 2.05) is 6.07 Å². The van der Waals surface area contributed by atoms with Crippen molar-refractivity contribution >= 4 is 10.9 Å². The van der Waals surface area contributed by atoms with Gasteiger partial charge in [-0.2, -0.15) is 0 Å². The Balaban J connectivity index is 1.95. The van der Waals surface area contributed by atoms with Crippen molar-refractivity contribution < 1.29 is 4.39 Å². The van der Waals surface area contributed by atoms with Crippen LogP contribution in [0.15, 0.2) is 54.2 Å². The van der Waals surface area contributed by atoms with Gasteiger partial charge in [-0.25, -0.2) is 4.39 Å². The third-order valence-electron chi connectivity index (χ3n) is 5.09. The van der Waals surface area contributed by atoms with E-state index in [9.17, 15) is 4.39 Å². The summed E-state index contributed by atoms with van der Waals surface area (Å²) in [4.78, 5) is 2.32. The zero-order valence-electron chi connectivity index (χ0n) is 16.1. The minimum atomic E-state index is -0.148. The summed E-state index contributed by atoms with van der Waals surface area (Å²) in [7, 11) is 2.14. The molecule has 2 nitrogen and oxygen atoms in total. The number of rotatable bonds is 6. The van der Waals surface area contributed by atoms with Crippen LogP contribution in [-0.4, -0.2) is 23.1 Å². The topological polar surface area (TPSA) is 8.17 Å². The summed E-state index contributed by atoms with van der Waals surface area (Å²) in [5.41, 5.74) is 5.17. The van der Waals surface area contributed by atoms with Gasteiger partial charge in [-0.15, -0.1) is 0 Å². The Morgan fingerprint density at radius 2 is 2.15 bits per heavy atom. The zero-order valence-corrected chi connectivity index (χ0v) is 16.1. The number of hydrogen-bond donors (Lipinski definition) is 0. The van der Waals surface area contributed by atoms with Crippen molar-refractivity contribution in [3.63, 3.8) is 0 Å². The Bertz CT molecular complexity index is 855. The first kappa shape index (κ1) is 18.7. The van der Waals surface area contributed by atoms with E-state index >= 15 is 0 Å². The molecule has 2 heterocycles. The molecule has 0 N–H and O–H groups in total. The fraction of sp³-hybridized carbons (Fsp3) is 0.391. The second kappa shape index (κ2) is 8.50. The Morgan fingerprint density at radius 3 is 2.92 bits per heavy atom. The number of halogens is 1. The Hall–Kier alpha value is -2.13. The van der Waals surface area contributed by atoms with Crippen molar-refractivity contribution in [2.24, 2.45) is 0 Å². The molecule has 0 atom stereocenters. The van der Waals surface area contributed by atoms with Gasteiger partial charge < -0.3 is 9.47 Å². The highest BCUT2D eigenvalue weighted by Crippen LogP contribution is 2.31. The SMILES string of the molecule is C\C=C/C(=C\C=C\CC)CCn1c2c(c3cc(F)ccc31)CN(C)CC2. The van der Waals surface area contributed by atoms with E-state index in [2.05, 4.69) is 60.7 Å². The number of aryl methyl sites for hydroxylation is 1. The van der Waals surface area contributed by atoms with Gasteiger partial charge in [-0.1, -0.05) is 37.3 Å². The van der Waals surface area contributed by atoms with E-state index in [4.69, 9.17) is 0 Å². The normalized spacial score (nSPS) is 16.2. The maximum absolute atomic E-state index is 13.9. The number of hydrogen-bond acceptors (Lipinski definition) is 1. The quantitative estimate of drug-likeness (QED) is 0.612. The molecule has 0 amide bonds. The number of aromatic nitrogens is 1. The molecule has 26 heavy (non-hydrogen) atoms. The van der Waals surface area contributed by atoms with E-state index < -0.39 is 0 Å². The van der Waals surface area contributed by atoms with E-state index in [0.29, 0.717) is 0 Å². The van der Waals surface area contributed by atoms with Crippen LogP contribution in [0.25, 0.3) is 10.9 Å². The van der Waals surface area contributed by atoms with Crippen LogP contribution in [0.2, 0.25) is 0 Å². The zero-order chi connectivity index (χ0) is 18.5. The third kappa shape index (κ3) is 3.99. The van der Waals surface area contributed by atoms with Crippen molar-refractivity contribution in [3.8, 4) is 0 Å². The minimum absolute atomic E-state index is 0.148. The molecule has 3 heteroatoms. The summed E-state index contributed by atoms with van der Waals surface area (Å²) >= 11 is 0.